The molecule has 0 atom stereocenters. The molecule has 0 fully saturated rings. The van der Waals surface area contributed by atoms with Crippen molar-refractivity contribution in [2.45, 2.75) is 46.0 Å². The van der Waals surface area contributed by atoms with Crippen LogP contribution in [-0.2, 0) is 0 Å². The number of benzene rings is 1. The maximum atomic E-state index is 14.1. The minimum absolute atomic E-state index is 0.107. The van der Waals surface area contributed by atoms with Crippen molar-refractivity contribution in [2.75, 3.05) is 7.05 Å². The monoisotopic (exact) mass is 281 g/mol. The van der Waals surface area contributed by atoms with Crippen molar-refractivity contribution in [2.24, 2.45) is 0 Å². The van der Waals surface area contributed by atoms with Crippen molar-refractivity contribution >= 4 is 19.2 Å². The van der Waals surface area contributed by atoms with E-state index in [9.17, 15) is 9.18 Å². The first kappa shape index (κ1) is 15.9. The van der Waals surface area contributed by atoms with Crippen LogP contribution >= 0.6 is 0 Å². The van der Waals surface area contributed by atoms with E-state index in [2.05, 4.69) is 19.6 Å². The molecule has 0 heterocycles. The number of carbonyl (C=O) groups excluding carboxylic acids is 1. The van der Waals surface area contributed by atoms with Crippen LogP contribution in [0, 0.1) is 5.82 Å². The van der Waals surface area contributed by atoms with Crippen molar-refractivity contribution in [1.29, 1.82) is 0 Å². The van der Waals surface area contributed by atoms with Crippen LogP contribution in [0.1, 0.15) is 31.1 Å². The number of hydrogen-bond acceptors (Lipinski definition) is 1. The highest BCUT2D eigenvalue weighted by Crippen LogP contribution is 2.17. The van der Waals surface area contributed by atoms with Crippen LogP contribution in [0.3, 0.4) is 0 Å². The molecule has 0 saturated heterocycles. The molecule has 0 unspecified atom stereocenters. The number of halogens is 1. The fourth-order valence-corrected chi connectivity index (χ4v) is 3.75. The molecule has 1 aromatic rings. The van der Waals surface area contributed by atoms with E-state index >= 15 is 0 Å². The number of hydrogen-bond donors (Lipinski definition) is 0. The van der Waals surface area contributed by atoms with Gasteiger partial charge in [-0.1, -0.05) is 25.7 Å². The van der Waals surface area contributed by atoms with Crippen molar-refractivity contribution in [1.82, 2.24) is 4.90 Å². The molecule has 0 bridgehead atoms. The Balaban J connectivity index is 3.37. The largest absolute Gasteiger partial charge is 0.337 e. The summed E-state index contributed by atoms with van der Waals surface area (Å²) in [5, 5.41) is 0.621. The molecule has 106 valence electrons. The van der Waals surface area contributed by atoms with E-state index in [0.29, 0.717) is 10.8 Å². The summed E-state index contributed by atoms with van der Waals surface area (Å²) in [5.74, 6) is -0.364. The lowest BCUT2D eigenvalue weighted by molar-refractivity contribution is 0.0656. The van der Waals surface area contributed by atoms with Gasteiger partial charge in [0, 0.05) is 18.2 Å². The third kappa shape index (κ3) is 3.44. The van der Waals surface area contributed by atoms with Gasteiger partial charge in [0.15, 0.2) is 0 Å². The van der Waals surface area contributed by atoms with E-state index in [0.717, 1.165) is 0 Å². The van der Waals surface area contributed by atoms with Crippen LogP contribution in [0.4, 0.5) is 4.39 Å². The van der Waals surface area contributed by atoms with E-state index < -0.39 is 8.07 Å². The zero-order valence-corrected chi connectivity index (χ0v) is 14.0. The Kier molecular flexibility index (Phi) is 4.25. The van der Waals surface area contributed by atoms with Crippen molar-refractivity contribution in [3.63, 3.8) is 0 Å². The lowest BCUT2D eigenvalue weighted by Crippen LogP contribution is -2.49. The first-order valence-corrected chi connectivity index (χ1v) is 10.0. The average molecular weight is 281 g/mol. The second-order valence-electron chi connectivity index (χ2n) is 6.95. The van der Waals surface area contributed by atoms with Crippen molar-refractivity contribution in [3.05, 3.63) is 29.6 Å². The maximum absolute atomic E-state index is 14.1. The van der Waals surface area contributed by atoms with Gasteiger partial charge in [0.1, 0.15) is 5.82 Å². The molecule has 4 heteroatoms. The van der Waals surface area contributed by atoms with Gasteiger partial charge >= 0.3 is 0 Å². The predicted molar refractivity (Wildman–Crippen MR) is 81.2 cm³/mol. The molecule has 0 spiro atoms. The third-order valence-corrected chi connectivity index (χ3v) is 5.31. The molecule has 1 aromatic carbocycles. The lowest BCUT2D eigenvalue weighted by Gasteiger charge is -2.33. The average Bonchev–Trinajstić information content (AvgIpc) is 2.23. The van der Waals surface area contributed by atoms with E-state index in [4.69, 9.17) is 0 Å². The minimum Gasteiger partial charge on any atom is -0.337 e. The fourth-order valence-electron chi connectivity index (χ4n) is 1.95. The molecule has 1 amide bonds. The van der Waals surface area contributed by atoms with Crippen LogP contribution in [0.15, 0.2) is 18.2 Å². The minimum atomic E-state index is -1.91. The Morgan fingerprint density at radius 2 is 1.74 bits per heavy atom. The second kappa shape index (κ2) is 5.08. The van der Waals surface area contributed by atoms with Crippen molar-refractivity contribution in [3.8, 4) is 0 Å². The van der Waals surface area contributed by atoms with Gasteiger partial charge in [-0.25, -0.2) is 4.39 Å². The zero-order valence-electron chi connectivity index (χ0n) is 13.0. The van der Waals surface area contributed by atoms with Crippen LogP contribution in [0.2, 0.25) is 19.6 Å². The molecule has 0 aliphatic rings. The van der Waals surface area contributed by atoms with E-state index in [1.165, 1.54) is 6.07 Å². The quantitative estimate of drug-likeness (QED) is 0.762. The molecule has 0 aliphatic carbocycles. The van der Waals surface area contributed by atoms with Gasteiger partial charge in [0.25, 0.3) is 5.91 Å². The molecular formula is C15H24FNOSi. The van der Waals surface area contributed by atoms with Gasteiger partial charge in [-0.2, -0.15) is 0 Å². The molecule has 19 heavy (non-hydrogen) atoms. The predicted octanol–water partition coefficient (Wildman–Crippen LogP) is 3.24. The maximum Gasteiger partial charge on any atom is 0.254 e. The third-order valence-electron chi connectivity index (χ3n) is 3.30. The Morgan fingerprint density at radius 3 is 2.16 bits per heavy atom. The molecule has 2 nitrogen and oxygen atoms in total. The number of carbonyl (C=O) groups is 1. The van der Waals surface area contributed by atoms with Crippen LogP contribution in [-0.4, -0.2) is 31.5 Å². The topological polar surface area (TPSA) is 20.3 Å². The van der Waals surface area contributed by atoms with E-state index in [1.807, 2.05) is 20.8 Å². The number of amides is 1. The SMILES string of the molecule is CN(C(=O)c1cccc(F)c1[Si](C)(C)C)C(C)(C)C. The Hall–Kier alpha value is -1.16. The summed E-state index contributed by atoms with van der Waals surface area (Å²) in [5.41, 5.74) is 0.233. The Bertz CT molecular complexity index is 486. The summed E-state index contributed by atoms with van der Waals surface area (Å²) in [6.07, 6.45) is 0. The van der Waals surface area contributed by atoms with Gasteiger partial charge < -0.3 is 4.90 Å². The highest BCUT2D eigenvalue weighted by Gasteiger charge is 2.31. The van der Waals surface area contributed by atoms with Gasteiger partial charge in [0.05, 0.1) is 8.07 Å². The standard InChI is InChI=1S/C15H24FNOSi/c1-15(2,3)17(4)14(18)11-9-8-10-12(16)13(11)19(5,6)7/h8-10H,1-7H3. The molecule has 0 saturated carbocycles. The summed E-state index contributed by atoms with van der Waals surface area (Å²) >= 11 is 0. The number of rotatable bonds is 2. The number of nitrogens with zero attached hydrogens (tertiary/aromatic N) is 1. The van der Waals surface area contributed by atoms with Gasteiger partial charge in [-0.3, -0.25) is 4.79 Å². The Morgan fingerprint density at radius 1 is 1.21 bits per heavy atom. The fraction of sp³-hybridized carbons (Fsp3) is 0.533. The van der Waals surface area contributed by atoms with Gasteiger partial charge in [-0.05, 0) is 38.1 Å². The smallest absolute Gasteiger partial charge is 0.254 e. The van der Waals surface area contributed by atoms with Crippen LogP contribution in [0.25, 0.3) is 0 Å². The highest BCUT2D eigenvalue weighted by molar-refractivity contribution is 6.89. The molecular weight excluding hydrogens is 257 g/mol. The van der Waals surface area contributed by atoms with Crippen molar-refractivity contribution < 1.29 is 9.18 Å². The molecule has 0 N–H and O–H groups in total. The molecule has 1 rings (SSSR count). The molecule has 0 aliphatic heterocycles. The molecule has 0 aromatic heterocycles. The second-order valence-corrected chi connectivity index (χ2v) is 11.9. The first-order chi connectivity index (χ1) is 8.46. The van der Waals surface area contributed by atoms with E-state index in [-0.39, 0.29) is 17.3 Å². The highest BCUT2D eigenvalue weighted by atomic mass is 28.3. The summed E-state index contributed by atoms with van der Waals surface area (Å²) in [4.78, 5) is 14.3. The lowest BCUT2D eigenvalue weighted by atomic mass is 10.1. The summed E-state index contributed by atoms with van der Waals surface area (Å²) in [7, 11) is -0.148. The van der Waals surface area contributed by atoms with E-state index in [1.54, 1.807) is 24.1 Å². The van der Waals surface area contributed by atoms with Gasteiger partial charge in [0.2, 0.25) is 0 Å². The summed E-state index contributed by atoms with van der Waals surface area (Å²) in [6, 6.07) is 4.80. The zero-order chi connectivity index (χ0) is 15.0. The molecule has 0 radical (unpaired) electrons. The van der Waals surface area contributed by atoms with Crippen LogP contribution in [0.5, 0.6) is 0 Å². The normalized spacial score (nSPS) is 12.4. The summed E-state index contributed by atoms with van der Waals surface area (Å²) in [6.45, 7) is 12.1. The summed E-state index contributed by atoms with van der Waals surface area (Å²) < 4.78 is 14.1. The van der Waals surface area contributed by atoms with Crippen LogP contribution < -0.4 is 5.19 Å². The Labute approximate surface area is 116 Å². The van der Waals surface area contributed by atoms with Gasteiger partial charge in [-0.15, -0.1) is 0 Å². The first-order valence-electron chi connectivity index (χ1n) is 6.53.